The Morgan fingerprint density at radius 2 is 1.63 bits per heavy atom. The van der Waals surface area contributed by atoms with Crippen LogP contribution in [0.5, 0.6) is 17.2 Å². The molecule has 1 aromatic carbocycles. The minimum absolute atomic E-state index is 0.202. The molecule has 0 aliphatic heterocycles. The Morgan fingerprint density at radius 1 is 1.03 bits per heavy atom. The van der Waals surface area contributed by atoms with Crippen molar-refractivity contribution in [3.8, 4) is 17.2 Å². The molecule has 0 fully saturated rings. The van der Waals surface area contributed by atoms with Gasteiger partial charge in [-0.3, -0.25) is 9.69 Å². The van der Waals surface area contributed by atoms with E-state index in [0.717, 1.165) is 24.8 Å². The number of likely N-dealkylation sites (N-methyl/N-ethyl adjacent to an activating group) is 1. The number of carboxylic acid groups (broad SMARTS) is 2. The summed E-state index contributed by atoms with van der Waals surface area (Å²) in [6, 6.07) is 5.92. The van der Waals surface area contributed by atoms with Crippen LogP contribution in [0.4, 0.5) is 0 Å². The molecule has 208 valence electrons. The molecule has 2 aromatic rings. The number of aryl methyl sites for hydroxylation is 2. The number of benzene rings is 1. The molecule has 10 nitrogen and oxygen atoms in total. The minimum atomic E-state index is -1.26. The number of carboxylic acids is 2. The van der Waals surface area contributed by atoms with E-state index in [9.17, 15) is 14.4 Å². The van der Waals surface area contributed by atoms with E-state index in [-0.39, 0.29) is 11.5 Å². The maximum Gasteiger partial charge on any atom is 0.328 e. The molecule has 38 heavy (non-hydrogen) atoms. The van der Waals surface area contributed by atoms with E-state index in [1.54, 1.807) is 32.7 Å². The molecular formula is C27H35NO9S. The first-order valence-electron chi connectivity index (χ1n) is 11.9. The average molecular weight is 550 g/mol. The van der Waals surface area contributed by atoms with Crippen LogP contribution in [0.25, 0.3) is 0 Å². The molecule has 1 heterocycles. The maximum atomic E-state index is 12.6. The van der Waals surface area contributed by atoms with Gasteiger partial charge in [0.2, 0.25) is 5.75 Å². The second kappa shape index (κ2) is 14.4. The van der Waals surface area contributed by atoms with Crippen LogP contribution in [-0.2, 0) is 37.5 Å². The van der Waals surface area contributed by atoms with Crippen molar-refractivity contribution in [2.45, 2.75) is 37.6 Å². The maximum absolute atomic E-state index is 12.6. The van der Waals surface area contributed by atoms with Gasteiger partial charge in [-0.2, -0.15) is 0 Å². The highest BCUT2D eigenvalue weighted by molar-refractivity contribution is 7.10. The normalized spacial score (nSPS) is 16.3. The van der Waals surface area contributed by atoms with Crippen LogP contribution < -0.4 is 14.2 Å². The molecule has 1 aliphatic carbocycles. The summed E-state index contributed by atoms with van der Waals surface area (Å²) in [5.41, 5.74) is 2.00. The van der Waals surface area contributed by atoms with Gasteiger partial charge in [-0.25, -0.2) is 9.59 Å². The lowest BCUT2D eigenvalue weighted by Gasteiger charge is -2.42. The monoisotopic (exact) mass is 549 g/mol. The molecule has 0 spiro atoms. The zero-order valence-electron chi connectivity index (χ0n) is 22.3. The predicted octanol–water partition coefficient (Wildman–Crippen LogP) is 3.75. The van der Waals surface area contributed by atoms with Crippen LogP contribution in [0.15, 0.2) is 35.7 Å². The minimum Gasteiger partial charge on any atom is -0.493 e. The zero-order chi connectivity index (χ0) is 28.3. The summed E-state index contributed by atoms with van der Waals surface area (Å²) in [5.74, 6) is -1.01. The number of hydrogen-bond donors (Lipinski definition) is 2. The number of rotatable bonds is 11. The third-order valence-electron chi connectivity index (χ3n) is 6.28. The SMILES string of the molecule is COc1cc(CCC(=O)OCC2(N(C)C)CCCc3sccc32)cc(OC)c1OC.O=C(O)/C=C/C(=O)O. The fourth-order valence-electron chi connectivity index (χ4n) is 4.31. The number of esters is 1. The van der Waals surface area contributed by atoms with Crippen LogP contribution in [-0.4, -0.2) is 75.1 Å². The first-order valence-corrected chi connectivity index (χ1v) is 12.8. The quantitative estimate of drug-likeness (QED) is 0.315. The number of methoxy groups -OCH3 is 3. The third kappa shape index (κ3) is 7.96. The van der Waals surface area contributed by atoms with Crippen molar-refractivity contribution in [3.63, 3.8) is 0 Å². The van der Waals surface area contributed by atoms with Gasteiger partial charge in [0, 0.05) is 23.5 Å². The molecule has 11 heteroatoms. The molecule has 0 saturated heterocycles. The number of carbonyl (C=O) groups is 3. The van der Waals surface area contributed by atoms with E-state index >= 15 is 0 Å². The molecule has 1 aromatic heterocycles. The van der Waals surface area contributed by atoms with E-state index < -0.39 is 11.9 Å². The van der Waals surface area contributed by atoms with Gasteiger partial charge in [0.15, 0.2) is 11.5 Å². The van der Waals surface area contributed by atoms with Gasteiger partial charge in [-0.15, -0.1) is 11.3 Å². The Kier molecular flexibility index (Phi) is 11.6. The molecule has 1 atom stereocenters. The van der Waals surface area contributed by atoms with Crippen molar-refractivity contribution in [1.29, 1.82) is 0 Å². The molecule has 1 unspecified atom stereocenters. The predicted molar refractivity (Wildman–Crippen MR) is 142 cm³/mol. The standard InChI is InChI=1S/C23H31NO5S.C4H4O4/c1-24(2)23(11-6-7-20-17(23)10-12-30-20)15-29-21(25)9-8-16-13-18(26-3)22(28-5)19(14-16)27-4;5-3(6)1-2-4(7)8/h10,12-14H,6-9,11,15H2,1-5H3;1-2H,(H,5,6)(H,7,8)/b;2-1+. The zero-order valence-corrected chi connectivity index (χ0v) is 23.1. The number of aliphatic carboxylic acids is 2. The summed E-state index contributed by atoms with van der Waals surface area (Å²) < 4.78 is 21.9. The first kappa shape index (κ1) is 30.7. The molecule has 0 radical (unpaired) electrons. The summed E-state index contributed by atoms with van der Waals surface area (Å²) in [4.78, 5) is 35.3. The smallest absolute Gasteiger partial charge is 0.328 e. The van der Waals surface area contributed by atoms with Gasteiger partial charge in [-0.1, -0.05) is 0 Å². The topological polar surface area (TPSA) is 132 Å². The van der Waals surface area contributed by atoms with Crippen molar-refractivity contribution in [2.24, 2.45) is 0 Å². The number of carbonyl (C=O) groups excluding carboxylic acids is 1. The Hall–Kier alpha value is -3.57. The summed E-state index contributed by atoms with van der Waals surface area (Å²) in [6.07, 6.45) is 5.15. The number of ether oxygens (including phenoxy) is 4. The van der Waals surface area contributed by atoms with Gasteiger partial charge in [0.1, 0.15) is 6.61 Å². The van der Waals surface area contributed by atoms with E-state index in [1.807, 2.05) is 12.1 Å². The van der Waals surface area contributed by atoms with Crippen LogP contribution in [0.2, 0.25) is 0 Å². The molecule has 0 amide bonds. The molecule has 0 bridgehead atoms. The molecule has 2 N–H and O–H groups in total. The third-order valence-corrected chi connectivity index (χ3v) is 7.26. The van der Waals surface area contributed by atoms with Gasteiger partial charge in [0.25, 0.3) is 0 Å². The summed E-state index contributed by atoms with van der Waals surface area (Å²) in [7, 11) is 8.87. The highest BCUT2D eigenvalue weighted by atomic mass is 32.1. The van der Waals surface area contributed by atoms with Crippen LogP contribution in [0.1, 0.15) is 35.3 Å². The van der Waals surface area contributed by atoms with Crippen molar-refractivity contribution in [2.75, 3.05) is 42.0 Å². The van der Waals surface area contributed by atoms with Crippen molar-refractivity contribution >= 4 is 29.2 Å². The largest absolute Gasteiger partial charge is 0.493 e. The van der Waals surface area contributed by atoms with Crippen molar-refractivity contribution in [1.82, 2.24) is 4.90 Å². The lowest BCUT2D eigenvalue weighted by molar-refractivity contribution is -0.148. The fourth-order valence-corrected chi connectivity index (χ4v) is 5.32. The number of hydrogen-bond acceptors (Lipinski definition) is 9. The second-order valence-electron chi connectivity index (χ2n) is 8.74. The molecular weight excluding hydrogens is 514 g/mol. The number of nitrogens with zero attached hydrogens (tertiary/aromatic N) is 1. The highest BCUT2D eigenvalue weighted by Gasteiger charge is 2.40. The van der Waals surface area contributed by atoms with E-state index in [2.05, 4.69) is 30.4 Å². The molecule has 1 aliphatic rings. The summed E-state index contributed by atoms with van der Waals surface area (Å²) in [5, 5.41) is 17.8. The Balaban J connectivity index is 0.000000550. The second-order valence-corrected chi connectivity index (χ2v) is 9.74. The average Bonchev–Trinajstić information content (AvgIpc) is 3.39. The van der Waals surface area contributed by atoms with Gasteiger partial charge in [0.05, 0.1) is 26.9 Å². The first-order chi connectivity index (χ1) is 18.1. The lowest BCUT2D eigenvalue weighted by Crippen LogP contribution is -2.47. The highest BCUT2D eigenvalue weighted by Crippen LogP contribution is 2.42. The fraction of sp³-hybridized carbons (Fsp3) is 0.444. The molecule has 0 saturated carbocycles. The van der Waals surface area contributed by atoms with Gasteiger partial charge in [-0.05, 0) is 74.5 Å². The van der Waals surface area contributed by atoms with Crippen LogP contribution >= 0.6 is 11.3 Å². The summed E-state index contributed by atoms with van der Waals surface area (Å²) >= 11 is 1.80. The Morgan fingerprint density at radius 3 is 2.13 bits per heavy atom. The Labute approximate surface area is 226 Å². The van der Waals surface area contributed by atoms with Crippen LogP contribution in [0.3, 0.4) is 0 Å². The van der Waals surface area contributed by atoms with Crippen molar-refractivity contribution in [3.05, 3.63) is 51.7 Å². The van der Waals surface area contributed by atoms with Crippen LogP contribution in [0, 0.1) is 0 Å². The van der Waals surface area contributed by atoms with Crippen molar-refractivity contribution < 1.29 is 43.5 Å². The molecule has 3 rings (SSSR count). The van der Waals surface area contributed by atoms with Gasteiger partial charge < -0.3 is 29.2 Å². The number of thiophene rings is 1. The Bertz CT molecular complexity index is 1100. The van der Waals surface area contributed by atoms with E-state index in [0.29, 0.717) is 48.8 Å². The lowest BCUT2D eigenvalue weighted by atomic mass is 9.80. The van der Waals surface area contributed by atoms with E-state index in [4.69, 9.17) is 29.2 Å². The van der Waals surface area contributed by atoms with E-state index in [1.165, 1.54) is 10.4 Å². The summed E-state index contributed by atoms with van der Waals surface area (Å²) in [6.45, 7) is 0.373. The van der Waals surface area contributed by atoms with Gasteiger partial charge >= 0.3 is 17.9 Å². The number of fused-ring (bicyclic) bond motifs is 1.